The Kier molecular flexibility index (Phi) is 21.7. The van der Waals surface area contributed by atoms with Crippen LogP contribution < -0.4 is 20.9 Å². The number of hydrogen-bond donors (Lipinski definition) is 2. The van der Waals surface area contributed by atoms with E-state index >= 15 is 0 Å². The van der Waals surface area contributed by atoms with Crippen LogP contribution in [-0.4, -0.2) is 41.5 Å². The molecule has 0 aliphatic carbocycles. The molecule has 0 aliphatic heterocycles. The highest BCUT2D eigenvalue weighted by Crippen LogP contribution is 2.17. The van der Waals surface area contributed by atoms with Crippen molar-refractivity contribution >= 4 is 17.8 Å². The smallest absolute Gasteiger partial charge is 0.277 e. The van der Waals surface area contributed by atoms with Crippen molar-refractivity contribution in [3.8, 4) is 17.1 Å². The standard InChI is InChI=1S/C23H22FN3O2.C13H20N2.C4H10.CH4/c1-2-15-27-22(19-8-4-3-5-9-19)26-16-21(23(27)28)25-14-6-7-18-10-12-20(13-11-18)29-17-24;1-4-5-12-6-7-15-10-13(12)8-11(2)9-14-3;1-3-4-2;/h2-13,16,25H,1,14-15,17H2;6-8,10,14H,4-5,9H2,1-3H3;3-4H2,1-2H3;1H4/b7-6+;11-8+;;. The maximum Gasteiger partial charge on any atom is 0.277 e. The molecule has 264 valence electrons. The maximum atomic E-state index is 12.9. The molecule has 0 bridgehead atoms. The predicted molar refractivity (Wildman–Crippen MR) is 208 cm³/mol. The number of pyridine rings is 1. The second-order valence-electron chi connectivity index (χ2n) is 11.0. The molecule has 0 amide bonds. The van der Waals surface area contributed by atoms with Crippen molar-refractivity contribution in [1.82, 2.24) is 19.9 Å². The number of halogens is 1. The summed E-state index contributed by atoms with van der Waals surface area (Å²) in [6.07, 6.45) is 18.0. The number of benzene rings is 2. The third kappa shape index (κ3) is 15.3. The molecular weight excluding hydrogens is 613 g/mol. The first-order valence-electron chi connectivity index (χ1n) is 16.6. The quantitative estimate of drug-likeness (QED) is 0.123. The summed E-state index contributed by atoms with van der Waals surface area (Å²) < 4.78 is 18.5. The van der Waals surface area contributed by atoms with Crippen LogP contribution >= 0.6 is 0 Å². The van der Waals surface area contributed by atoms with Gasteiger partial charge in [0.25, 0.3) is 5.56 Å². The lowest BCUT2D eigenvalue weighted by atomic mass is 10.0. The summed E-state index contributed by atoms with van der Waals surface area (Å²) >= 11 is 0. The van der Waals surface area contributed by atoms with Crippen molar-refractivity contribution in [3.63, 3.8) is 0 Å². The van der Waals surface area contributed by atoms with Gasteiger partial charge in [0.2, 0.25) is 6.86 Å². The molecule has 4 aromatic rings. The lowest BCUT2D eigenvalue weighted by Crippen LogP contribution is -2.25. The molecule has 0 fully saturated rings. The number of aromatic nitrogens is 3. The topological polar surface area (TPSA) is 81.1 Å². The molecule has 2 aromatic carbocycles. The fourth-order valence-corrected chi connectivity index (χ4v) is 4.49. The van der Waals surface area contributed by atoms with Crippen LogP contribution in [0, 0.1) is 0 Å². The van der Waals surface area contributed by atoms with Crippen molar-refractivity contribution in [2.24, 2.45) is 0 Å². The molecular formula is C41H56FN5O2. The van der Waals surface area contributed by atoms with Crippen LogP contribution in [0.15, 0.2) is 108 Å². The summed E-state index contributed by atoms with van der Waals surface area (Å²) in [6.45, 7) is 13.4. The average Bonchev–Trinajstić information content (AvgIpc) is 3.11. The van der Waals surface area contributed by atoms with E-state index in [1.54, 1.807) is 29.0 Å². The van der Waals surface area contributed by atoms with Gasteiger partial charge in [0.1, 0.15) is 17.3 Å². The van der Waals surface area contributed by atoms with Crippen LogP contribution in [0.4, 0.5) is 10.1 Å². The highest BCUT2D eigenvalue weighted by molar-refractivity contribution is 5.58. The van der Waals surface area contributed by atoms with Gasteiger partial charge in [-0.2, -0.15) is 0 Å². The number of aryl methyl sites for hydroxylation is 1. The highest BCUT2D eigenvalue weighted by atomic mass is 19.1. The van der Waals surface area contributed by atoms with E-state index in [1.807, 2.05) is 74.1 Å². The van der Waals surface area contributed by atoms with E-state index in [1.165, 1.54) is 36.0 Å². The lowest BCUT2D eigenvalue weighted by Gasteiger charge is -2.12. The van der Waals surface area contributed by atoms with Gasteiger partial charge in [-0.3, -0.25) is 14.3 Å². The number of allylic oxidation sites excluding steroid dienone is 1. The third-order valence-corrected chi connectivity index (χ3v) is 7.04. The first-order chi connectivity index (χ1) is 23.4. The first kappa shape index (κ1) is 42.2. The van der Waals surface area contributed by atoms with Gasteiger partial charge < -0.3 is 15.4 Å². The molecule has 0 radical (unpaired) electrons. The zero-order valence-electron chi connectivity index (χ0n) is 29.2. The monoisotopic (exact) mass is 669 g/mol. The minimum Gasteiger partial charge on any atom is -0.463 e. The number of nitrogens with one attached hydrogen (secondary N) is 2. The number of rotatable bonds is 15. The average molecular weight is 670 g/mol. The summed E-state index contributed by atoms with van der Waals surface area (Å²) in [5.74, 6) is 1.09. The summed E-state index contributed by atoms with van der Waals surface area (Å²) in [5, 5.41) is 6.25. The van der Waals surface area contributed by atoms with Gasteiger partial charge in [-0.05, 0) is 55.3 Å². The Hall–Kier alpha value is -4.82. The summed E-state index contributed by atoms with van der Waals surface area (Å²) in [5.41, 5.74) is 6.07. The largest absolute Gasteiger partial charge is 0.463 e. The molecule has 0 saturated heterocycles. The third-order valence-electron chi connectivity index (χ3n) is 7.04. The van der Waals surface area contributed by atoms with Gasteiger partial charge in [0.05, 0.1) is 6.20 Å². The number of unbranched alkanes of at least 4 members (excludes halogenated alkanes) is 1. The molecule has 2 N–H and O–H groups in total. The minimum atomic E-state index is -0.848. The summed E-state index contributed by atoms with van der Waals surface area (Å²) in [7, 11) is 1.97. The van der Waals surface area contributed by atoms with Crippen LogP contribution in [0.25, 0.3) is 23.5 Å². The first-order valence-corrected chi connectivity index (χ1v) is 16.6. The SMILES string of the molecule is C.C=CCn1c(-c2ccccc2)ncc(NC/C=C/c2ccc(OCF)cc2)c1=O.CCCC.CCCc1ccncc1/C=C(\C)CNC. The Labute approximate surface area is 293 Å². The Bertz CT molecular complexity index is 1600. The van der Waals surface area contributed by atoms with E-state index < -0.39 is 6.86 Å². The molecule has 2 aromatic heterocycles. The molecule has 0 atom stereocenters. The van der Waals surface area contributed by atoms with Crippen molar-refractivity contribution in [3.05, 3.63) is 131 Å². The van der Waals surface area contributed by atoms with E-state index in [-0.39, 0.29) is 13.0 Å². The molecule has 7 nitrogen and oxygen atoms in total. The number of hydrogen-bond acceptors (Lipinski definition) is 6. The zero-order valence-corrected chi connectivity index (χ0v) is 29.2. The van der Waals surface area contributed by atoms with E-state index in [4.69, 9.17) is 4.74 Å². The normalized spacial score (nSPS) is 10.6. The van der Waals surface area contributed by atoms with Gasteiger partial charge in [0, 0.05) is 37.6 Å². The van der Waals surface area contributed by atoms with E-state index in [9.17, 15) is 9.18 Å². The van der Waals surface area contributed by atoms with Crippen LogP contribution in [0.2, 0.25) is 0 Å². The van der Waals surface area contributed by atoms with Crippen LogP contribution in [-0.2, 0) is 13.0 Å². The van der Waals surface area contributed by atoms with E-state index in [2.05, 4.69) is 67.0 Å². The summed E-state index contributed by atoms with van der Waals surface area (Å²) in [4.78, 5) is 21.5. The predicted octanol–water partition coefficient (Wildman–Crippen LogP) is 9.63. The Balaban J connectivity index is 0.000000504. The molecule has 0 unspecified atom stereocenters. The maximum absolute atomic E-state index is 12.9. The second-order valence-corrected chi connectivity index (χ2v) is 11.0. The highest BCUT2D eigenvalue weighted by Gasteiger charge is 2.10. The number of anilines is 1. The molecule has 0 spiro atoms. The molecule has 0 saturated carbocycles. The van der Waals surface area contributed by atoms with Gasteiger partial charge in [0.15, 0.2) is 0 Å². The van der Waals surface area contributed by atoms with Gasteiger partial charge in [-0.1, -0.05) is 120 Å². The van der Waals surface area contributed by atoms with Crippen LogP contribution in [0.5, 0.6) is 5.75 Å². The van der Waals surface area contributed by atoms with E-state index in [0.717, 1.165) is 24.1 Å². The second kappa shape index (κ2) is 25.2. The zero-order chi connectivity index (χ0) is 35.0. The lowest BCUT2D eigenvalue weighted by molar-refractivity contribution is 0.192. The molecule has 0 aliphatic rings. The van der Waals surface area contributed by atoms with Crippen molar-refractivity contribution < 1.29 is 9.13 Å². The number of ether oxygens (including phenoxy) is 1. The Morgan fingerprint density at radius 2 is 1.71 bits per heavy atom. The van der Waals surface area contributed by atoms with Crippen LogP contribution in [0.1, 0.15) is 71.1 Å². The van der Waals surface area contributed by atoms with Crippen molar-refractivity contribution in [1.29, 1.82) is 0 Å². The molecule has 49 heavy (non-hydrogen) atoms. The van der Waals surface area contributed by atoms with Gasteiger partial charge >= 0.3 is 0 Å². The number of alkyl halides is 1. The van der Waals surface area contributed by atoms with Gasteiger partial charge in [-0.15, -0.1) is 6.58 Å². The van der Waals surface area contributed by atoms with Crippen molar-refractivity contribution in [2.45, 2.75) is 67.3 Å². The van der Waals surface area contributed by atoms with Crippen LogP contribution in [0.3, 0.4) is 0 Å². The fourth-order valence-electron chi connectivity index (χ4n) is 4.49. The summed E-state index contributed by atoms with van der Waals surface area (Å²) in [6, 6.07) is 18.7. The van der Waals surface area contributed by atoms with Gasteiger partial charge in [-0.25, -0.2) is 9.37 Å². The fraction of sp³-hybridized carbons (Fsp3) is 0.341. The molecule has 4 rings (SSSR count). The molecule has 2 heterocycles. The van der Waals surface area contributed by atoms with Crippen molar-refractivity contribution in [2.75, 3.05) is 32.3 Å². The number of likely N-dealkylation sites (N-methyl/N-ethyl adjacent to an activating group) is 1. The molecule has 8 heteroatoms. The minimum absolute atomic E-state index is 0. The Morgan fingerprint density at radius 1 is 1.00 bits per heavy atom. The van der Waals surface area contributed by atoms with E-state index in [0.29, 0.717) is 30.4 Å². The Morgan fingerprint density at radius 3 is 2.33 bits per heavy atom. The number of nitrogens with zero attached hydrogens (tertiary/aromatic N) is 3.